The Labute approximate surface area is 153 Å². The molecule has 11 nitrogen and oxygen atoms in total. The van der Waals surface area contributed by atoms with Gasteiger partial charge in [0.15, 0.2) is 36.5 Å². The van der Waals surface area contributed by atoms with E-state index in [9.17, 15) is 24.9 Å². The zero-order chi connectivity index (χ0) is 19.7. The Hall–Kier alpha value is -1.34. The number of fused-ring (bicyclic) bond motifs is 4. The lowest BCUT2D eigenvalue weighted by molar-refractivity contribution is -0.214. The van der Waals surface area contributed by atoms with Crippen molar-refractivity contribution in [2.45, 2.75) is 81.2 Å². The van der Waals surface area contributed by atoms with Gasteiger partial charge in [-0.15, -0.1) is 0 Å². The summed E-state index contributed by atoms with van der Waals surface area (Å²) in [5.41, 5.74) is 0. The van der Waals surface area contributed by atoms with Gasteiger partial charge < -0.3 is 44.1 Å². The molecule has 0 aromatic carbocycles. The highest BCUT2D eigenvalue weighted by Gasteiger charge is 2.62. The largest absolute Gasteiger partial charge is 0.457 e. The molecule has 5 fully saturated rings. The third-order valence-corrected chi connectivity index (χ3v) is 5.40. The molecule has 0 amide bonds. The van der Waals surface area contributed by atoms with Crippen molar-refractivity contribution in [2.24, 2.45) is 5.92 Å². The van der Waals surface area contributed by atoms with Gasteiger partial charge in [0.1, 0.15) is 18.3 Å². The minimum atomic E-state index is -1.23. The minimum Gasteiger partial charge on any atom is -0.457 e. The van der Waals surface area contributed by atoms with Gasteiger partial charge in [0.05, 0.1) is 6.10 Å². The van der Waals surface area contributed by atoms with E-state index < -0.39 is 78.8 Å². The number of ether oxygens (including phenoxy) is 5. The number of aliphatic hydroxyl groups excluding tert-OH is 4. The molecule has 4 heterocycles. The Morgan fingerprint density at radius 2 is 1.48 bits per heavy atom. The third kappa shape index (κ3) is 3.03. The summed E-state index contributed by atoms with van der Waals surface area (Å²) in [7, 11) is 0. The van der Waals surface area contributed by atoms with E-state index in [1.807, 2.05) is 0 Å². The van der Waals surface area contributed by atoms with Gasteiger partial charge in [-0.2, -0.15) is 0 Å². The predicted octanol–water partition coefficient (Wildman–Crippen LogP) is -2.84. The summed E-state index contributed by atoms with van der Waals surface area (Å²) >= 11 is 0. The molecule has 1 saturated carbocycles. The molecule has 1 aliphatic carbocycles. The van der Waals surface area contributed by atoms with Gasteiger partial charge in [-0.1, -0.05) is 0 Å². The van der Waals surface area contributed by atoms with Gasteiger partial charge in [-0.3, -0.25) is 0 Å². The fourth-order valence-electron chi connectivity index (χ4n) is 4.10. The van der Waals surface area contributed by atoms with Crippen molar-refractivity contribution in [2.75, 3.05) is 0 Å². The molecule has 2 unspecified atom stereocenters. The lowest BCUT2D eigenvalue weighted by atomic mass is 10.0. The van der Waals surface area contributed by atoms with Crippen LogP contribution < -0.4 is 0 Å². The molecule has 5 aliphatic rings. The highest BCUT2D eigenvalue weighted by molar-refractivity contribution is 5.78. The molecule has 5 rings (SSSR count). The zero-order valence-electron chi connectivity index (χ0n) is 14.6. The van der Waals surface area contributed by atoms with E-state index in [0.29, 0.717) is 0 Å². The van der Waals surface area contributed by atoms with Crippen molar-refractivity contribution in [3.8, 4) is 0 Å². The first-order chi connectivity index (χ1) is 12.6. The molecule has 10 atom stereocenters. The Bertz CT molecular complexity index is 636. The molecule has 0 aromatic rings. The topological polar surface area (TPSA) is 161 Å². The maximum absolute atomic E-state index is 11.1. The Kier molecular flexibility index (Phi) is 4.46. The molecule has 0 radical (unpaired) electrons. The van der Waals surface area contributed by atoms with Gasteiger partial charge in [0.2, 0.25) is 0 Å². The second kappa shape index (κ2) is 6.34. The van der Waals surface area contributed by atoms with E-state index in [1.165, 1.54) is 0 Å². The molecule has 152 valence electrons. The number of hydrogen-bond acceptors (Lipinski definition) is 11. The Morgan fingerprint density at radius 3 is 2.15 bits per heavy atom. The molecule has 11 heteroatoms. The van der Waals surface area contributed by atoms with E-state index >= 15 is 0 Å². The SMILES string of the molecule is CC1(C)OC2[C@H](O[C@@H]3[C@H](O)C(=O)O[C@H]23)O1.O=C1O[C@H]2[C@H](CC(O)[C@@H]2O)[C@@H]1O. The van der Waals surface area contributed by atoms with Crippen molar-refractivity contribution in [1.29, 1.82) is 0 Å². The van der Waals surface area contributed by atoms with Crippen LogP contribution in [0.2, 0.25) is 0 Å². The van der Waals surface area contributed by atoms with Crippen LogP contribution in [0.4, 0.5) is 0 Å². The van der Waals surface area contributed by atoms with E-state index in [0.717, 1.165) is 0 Å². The number of hydrogen-bond donors (Lipinski definition) is 4. The Morgan fingerprint density at radius 1 is 0.852 bits per heavy atom. The first-order valence-corrected chi connectivity index (χ1v) is 8.73. The van der Waals surface area contributed by atoms with Gasteiger partial charge in [0.25, 0.3) is 0 Å². The first kappa shape index (κ1) is 19.0. The normalized spacial score (nSPS) is 51.8. The molecular weight excluding hydrogens is 368 g/mol. The number of rotatable bonds is 0. The van der Waals surface area contributed by atoms with Crippen LogP contribution in [0, 0.1) is 5.92 Å². The van der Waals surface area contributed by atoms with Gasteiger partial charge in [-0.05, 0) is 20.3 Å². The van der Waals surface area contributed by atoms with Crippen molar-refractivity contribution in [1.82, 2.24) is 0 Å². The minimum absolute atomic E-state index is 0.221. The maximum atomic E-state index is 11.1. The summed E-state index contributed by atoms with van der Waals surface area (Å²) in [4.78, 5) is 21.9. The van der Waals surface area contributed by atoms with Crippen molar-refractivity contribution in [3.63, 3.8) is 0 Å². The molecule has 0 bridgehead atoms. The average molecular weight is 390 g/mol. The van der Waals surface area contributed by atoms with E-state index in [4.69, 9.17) is 24.1 Å². The predicted molar refractivity (Wildman–Crippen MR) is 80.6 cm³/mol. The highest BCUT2D eigenvalue weighted by atomic mass is 16.8. The second-order valence-corrected chi connectivity index (χ2v) is 7.72. The van der Waals surface area contributed by atoms with Crippen LogP contribution in [-0.4, -0.2) is 93.3 Å². The van der Waals surface area contributed by atoms with E-state index in [1.54, 1.807) is 13.8 Å². The van der Waals surface area contributed by atoms with E-state index in [-0.39, 0.29) is 6.42 Å². The van der Waals surface area contributed by atoms with Crippen molar-refractivity contribution in [3.05, 3.63) is 0 Å². The molecule has 0 spiro atoms. The lowest BCUT2D eigenvalue weighted by Gasteiger charge is -2.20. The standard InChI is InChI=1S/C9H12O6.C7H10O5/c1-9(2)14-6-5-4(13-8(6)15-9)3(10)7(11)12-5;8-3-1-2-4(9)7(11)12-6(2)5(3)10/h3-6,8,10H,1-2H3;2-6,8-10H,1H2/t3-,4+,5-,6?,8+;2-,3?,4+,5+,6+/m01/s1. The zero-order valence-corrected chi connectivity index (χ0v) is 14.6. The quantitative estimate of drug-likeness (QED) is 0.315. The molecular formula is C16H22O11. The van der Waals surface area contributed by atoms with E-state index in [2.05, 4.69) is 4.74 Å². The summed E-state index contributed by atoms with van der Waals surface area (Å²) in [6, 6.07) is 0. The molecule has 0 aromatic heterocycles. The van der Waals surface area contributed by atoms with Crippen LogP contribution in [0.15, 0.2) is 0 Å². The van der Waals surface area contributed by atoms with Crippen LogP contribution in [0.3, 0.4) is 0 Å². The number of aliphatic hydroxyl groups is 4. The number of carbonyl (C=O) groups is 2. The monoisotopic (exact) mass is 390 g/mol. The summed E-state index contributed by atoms with van der Waals surface area (Å²) in [5.74, 6) is -2.53. The number of carbonyl (C=O) groups excluding carboxylic acids is 2. The fraction of sp³-hybridized carbons (Fsp3) is 0.875. The van der Waals surface area contributed by atoms with Gasteiger partial charge in [0, 0.05) is 5.92 Å². The summed E-state index contributed by atoms with van der Waals surface area (Å²) in [5, 5.41) is 37.1. The first-order valence-electron chi connectivity index (χ1n) is 8.73. The highest BCUT2D eigenvalue weighted by Crippen LogP contribution is 2.42. The van der Waals surface area contributed by atoms with Crippen LogP contribution in [0.1, 0.15) is 20.3 Å². The van der Waals surface area contributed by atoms with Gasteiger partial charge in [-0.25, -0.2) is 9.59 Å². The van der Waals surface area contributed by atoms with Gasteiger partial charge >= 0.3 is 11.9 Å². The fourth-order valence-corrected chi connectivity index (χ4v) is 4.10. The van der Waals surface area contributed by atoms with Crippen LogP contribution in [0.25, 0.3) is 0 Å². The van der Waals surface area contributed by atoms with Crippen LogP contribution in [0.5, 0.6) is 0 Å². The lowest BCUT2D eigenvalue weighted by Crippen LogP contribution is -2.35. The van der Waals surface area contributed by atoms with Crippen molar-refractivity contribution < 1.29 is 53.7 Å². The maximum Gasteiger partial charge on any atom is 0.338 e. The smallest absolute Gasteiger partial charge is 0.338 e. The molecule has 4 aliphatic heterocycles. The molecule has 4 N–H and O–H groups in total. The second-order valence-electron chi connectivity index (χ2n) is 7.72. The Balaban J connectivity index is 0.000000137. The number of esters is 2. The average Bonchev–Trinajstić information content (AvgIpc) is 3.30. The van der Waals surface area contributed by atoms with Crippen molar-refractivity contribution >= 4 is 11.9 Å². The summed E-state index contributed by atoms with van der Waals surface area (Å²) in [6.45, 7) is 3.52. The van der Waals surface area contributed by atoms with Crippen LogP contribution in [-0.2, 0) is 33.3 Å². The summed E-state index contributed by atoms with van der Waals surface area (Å²) in [6.07, 6.45) is -7.05. The molecule has 27 heavy (non-hydrogen) atoms. The third-order valence-electron chi connectivity index (χ3n) is 5.40. The summed E-state index contributed by atoms with van der Waals surface area (Å²) < 4.78 is 26.0. The van der Waals surface area contributed by atoms with Crippen LogP contribution >= 0.6 is 0 Å². The molecule has 4 saturated heterocycles.